The van der Waals surface area contributed by atoms with Crippen LogP contribution in [0.2, 0.25) is 0 Å². The Balaban J connectivity index is 0.000000275. The van der Waals surface area contributed by atoms with Gasteiger partial charge in [0, 0.05) is 30.4 Å². The van der Waals surface area contributed by atoms with Crippen LogP contribution in [0.3, 0.4) is 0 Å². The van der Waals surface area contributed by atoms with Crippen LogP contribution < -0.4 is 20.9 Å². The number of carboxylic acids is 1. The number of amides is 2. The number of nitrogens with one attached hydrogen (secondary N) is 1. The highest BCUT2D eigenvalue weighted by Crippen LogP contribution is 2.37. The van der Waals surface area contributed by atoms with Crippen molar-refractivity contribution >= 4 is 17.8 Å². The molecule has 0 fully saturated rings. The number of imidazole rings is 1. The summed E-state index contributed by atoms with van der Waals surface area (Å²) in [6.07, 6.45) is 3.37. The molecule has 11 heteroatoms. The number of benzene rings is 2. The minimum atomic E-state index is -1.00. The molecule has 1 aliphatic rings. The molecule has 6 N–H and O–H groups in total. The van der Waals surface area contributed by atoms with Crippen molar-refractivity contribution in [3.63, 3.8) is 0 Å². The second-order valence-electron chi connectivity index (χ2n) is 8.12. The summed E-state index contributed by atoms with van der Waals surface area (Å²) in [5.74, 6) is -0.446. The van der Waals surface area contributed by atoms with Crippen molar-refractivity contribution < 1.29 is 29.0 Å². The number of hydrogen-bond donors (Lipinski definition) is 4. The fourth-order valence-corrected chi connectivity index (χ4v) is 3.91. The monoisotopic (exact) mass is 495 g/mol. The first-order chi connectivity index (χ1) is 17.2. The number of H-pyrrole nitrogens is 1. The van der Waals surface area contributed by atoms with Crippen molar-refractivity contribution in [3.8, 4) is 11.5 Å². The van der Waals surface area contributed by atoms with E-state index < -0.39 is 24.0 Å². The summed E-state index contributed by atoms with van der Waals surface area (Å²) in [4.78, 5) is 42.9. The highest BCUT2D eigenvalue weighted by Gasteiger charge is 2.34. The zero-order chi connectivity index (χ0) is 26.2. The van der Waals surface area contributed by atoms with Gasteiger partial charge in [-0.3, -0.25) is 14.4 Å². The first-order valence-corrected chi connectivity index (χ1v) is 11.1. The maximum Gasteiger partial charge on any atom is 0.320 e. The largest absolute Gasteiger partial charge is 0.493 e. The molecule has 0 bridgehead atoms. The number of carbonyl (C=O) groups is 3. The third-order valence-electron chi connectivity index (χ3n) is 5.72. The molecule has 3 aromatic rings. The smallest absolute Gasteiger partial charge is 0.320 e. The summed E-state index contributed by atoms with van der Waals surface area (Å²) in [6, 6.07) is 11.5. The molecule has 0 saturated carbocycles. The minimum Gasteiger partial charge on any atom is -0.493 e. The Kier molecular flexibility index (Phi) is 8.63. The summed E-state index contributed by atoms with van der Waals surface area (Å²) in [5, 5.41) is 8.42. The predicted octanol–water partition coefficient (Wildman–Crippen LogP) is 1.64. The van der Waals surface area contributed by atoms with Crippen LogP contribution in [0.15, 0.2) is 55.0 Å². The third-order valence-corrected chi connectivity index (χ3v) is 5.72. The van der Waals surface area contributed by atoms with Gasteiger partial charge in [0.25, 0.3) is 5.91 Å². The minimum absolute atomic E-state index is 0.0369. The van der Waals surface area contributed by atoms with Crippen molar-refractivity contribution in [1.82, 2.24) is 14.9 Å². The molecule has 0 radical (unpaired) electrons. The average molecular weight is 496 g/mol. The van der Waals surface area contributed by atoms with Crippen LogP contribution in [0.25, 0.3) is 0 Å². The highest BCUT2D eigenvalue weighted by molar-refractivity contribution is 5.98. The van der Waals surface area contributed by atoms with Gasteiger partial charge in [0.05, 0.1) is 33.0 Å². The molecule has 2 atom stereocenters. The lowest BCUT2D eigenvalue weighted by molar-refractivity contribution is -0.138. The van der Waals surface area contributed by atoms with Crippen molar-refractivity contribution in [1.29, 1.82) is 0 Å². The molecule has 2 heterocycles. The topological polar surface area (TPSA) is 174 Å². The van der Waals surface area contributed by atoms with Gasteiger partial charge in [-0.2, -0.15) is 0 Å². The van der Waals surface area contributed by atoms with E-state index in [1.807, 2.05) is 24.3 Å². The second-order valence-corrected chi connectivity index (χ2v) is 8.12. The predicted molar refractivity (Wildman–Crippen MR) is 130 cm³/mol. The van der Waals surface area contributed by atoms with Crippen molar-refractivity contribution in [3.05, 3.63) is 77.4 Å². The van der Waals surface area contributed by atoms with Gasteiger partial charge in [-0.1, -0.05) is 24.3 Å². The van der Waals surface area contributed by atoms with Gasteiger partial charge in [-0.25, -0.2) is 4.98 Å². The Morgan fingerprint density at radius 3 is 2.47 bits per heavy atom. The summed E-state index contributed by atoms with van der Waals surface area (Å²) in [6.45, 7) is 0.446. The highest BCUT2D eigenvalue weighted by atomic mass is 16.5. The standard InChI is InChI=1S/C19H20N2O4.C6H9N3O2/c1-24-16-8-7-12(9-17(16)25-2)15(10-18(20)22)21-11-13-5-3-4-6-14(13)19(21)23;7-5(6(10)11)1-4-2-8-3-9-4/h3-9,15H,10-11H2,1-2H3,(H2,20,22);2-3,5H,1,7H2,(H,8,9)(H,10,11). The number of rotatable bonds is 9. The molecule has 1 aliphatic heterocycles. The number of carboxylic acid groups (broad SMARTS) is 1. The molecule has 2 amide bonds. The number of aromatic nitrogens is 2. The van der Waals surface area contributed by atoms with Gasteiger partial charge in [0.2, 0.25) is 5.91 Å². The van der Waals surface area contributed by atoms with Gasteiger partial charge in [0.15, 0.2) is 11.5 Å². The zero-order valence-corrected chi connectivity index (χ0v) is 20.0. The maximum atomic E-state index is 12.8. The molecule has 36 heavy (non-hydrogen) atoms. The van der Waals surface area contributed by atoms with E-state index in [-0.39, 0.29) is 18.7 Å². The van der Waals surface area contributed by atoms with Crippen LogP contribution in [0.1, 0.15) is 39.6 Å². The Bertz CT molecular complexity index is 1210. The molecular formula is C25H29N5O6. The number of aliphatic carboxylic acids is 1. The molecular weight excluding hydrogens is 466 g/mol. The van der Waals surface area contributed by atoms with Crippen LogP contribution in [0, 0.1) is 0 Å². The normalized spacial score (nSPS) is 13.8. The van der Waals surface area contributed by atoms with Crippen molar-refractivity contribution in [2.45, 2.75) is 31.5 Å². The van der Waals surface area contributed by atoms with Crippen LogP contribution in [-0.2, 0) is 22.6 Å². The van der Waals surface area contributed by atoms with E-state index in [1.54, 1.807) is 43.5 Å². The number of fused-ring (bicyclic) bond motifs is 1. The van der Waals surface area contributed by atoms with E-state index in [0.717, 1.165) is 16.8 Å². The first kappa shape index (κ1) is 26.2. The zero-order valence-electron chi connectivity index (χ0n) is 20.0. The van der Waals surface area contributed by atoms with Crippen molar-refractivity contribution in [2.24, 2.45) is 11.5 Å². The van der Waals surface area contributed by atoms with Gasteiger partial charge in [0.1, 0.15) is 6.04 Å². The lowest BCUT2D eigenvalue weighted by Gasteiger charge is -2.28. The molecule has 4 rings (SSSR count). The van der Waals surface area contributed by atoms with Gasteiger partial charge in [-0.05, 0) is 29.3 Å². The van der Waals surface area contributed by atoms with E-state index in [0.29, 0.717) is 23.6 Å². The molecule has 0 saturated heterocycles. The SMILES string of the molecule is COc1ccc(C(CC(N)=O)N2Cc3ccccc3C2=O)cc1OC.NC(Cc1cnc[nH]1)C(=O)O. The summed E-state index contributed by atoms with van der Waals surface area (Å²) < 4.78 is 10.6. The summed E-state index contributed by atoms with van der Waals surface area (Å²) in [7, 11) is 3.10. The number of aromatic amines is 1. The van der Waals surface area contributed by atoms with Crippen LogP contribution in [0.5, 0.6) is 11.5 Å². The number of hydrogen-bond acceptors (Lipinski definition) is 7. The van der Waals surface area contributed by atoms with E-state index in [1.165, 1.54) is 6.33 Å². The lowest BCUT2D eigenvalue weighted by Crippen LogP contribution is -2.32. The van der Waals surface area contributed by atoms with E-state index >= 15 is 0 Å². The number of ether oxygens (including phenoxy) is 2. The molecule has 0 aliphatic carbocycles. The van der Waals surface area contributed by atoms with Crippen molar-refractivity contribution in [2.75, 3.05) is 14.2 Å². The molecule has 0 spiro atoms. The molecule has 2 aromatic carbocycles. The lowest BCUT2D eigenvalue weighted by atomic mass is 10.0. The quantitative estimate of drug-likeness (QED) is 0.346. The maximum absolute atomic E-state index is 12.8. The Labute approximate surface area is 208 Å². The third kappa shape index (κ3) is 6.19. The fourth-order valence-electron chi connectivity index (χ4n) is 3.91. The van der Waals surface area contributed by atoms with Gasteiger partial charge >= 0.3 is 5.97 Å². The second kappa shape index (κ2) is 11.8. The molecule has 190 valence electrons. The van der Waals surface area contributed by atoms with Gasteiger partial charge < -0.3 is 35.9 Å². The van der Waals surface area contributed by atoms with Crippen LogP contribution >= 0.6 is 0 Å². The molecule has 2 unspecified atom stereocenters. The van der Waals surface area contributed by atoms with E-state index in [4.69, 9.17) is 26.0 Å². The summed E-state index contributed by atoms with van der Waals surface area (Å²) >= 11 is 0. The summed E-state index contributed by atoms with van der Waals surface area (Å²) in [5.41, 5.74) is 13.8. The number of primary amides is 1. The number of nitrogens with zero attached hydrogens (tertiary/aromatic N) is 2. The molecule has 1 aromatic heterocycles. The van der Waals surface area contributed by atoms with Crippen LogP contribution in [-0.4, -0.2) is 58.0 Å². The van der Waals surface area contributed by atoms with Gasteiger partial charge in [-0.15, -0.1) is 0 Å². The molecule has 11 nitrogen and oxygen atoms in total. The van der Waals surface area contributed by atoms with E-state index in [9.17, 15) is 14.4 Å². The first-order valence-electron chi connectivity index (χ1n) is 11.1. The Morgan fingerprint density at radius 1 is 1.17 bits per heavy atom. The average Bonchev–Trinajstić information content (AvgIpc) is 3.50. The van der Waals surface area contributed by atoms with E-state index in [2.05, 4.69) is 9.97 Å². The Morgan fingerprint density at radius 2 is 1.89 bits per heavy atom. The van der Waals surface area contributed by atoms with Crippen LogP contribution in [0.4, 0.5) is 0 Å². The fraction of sp³-hybridized carbons (Fsp3) is 0.280. The number of carbonyl (C=O) groups excluding carboxylic acids is 2. The Hall–Kier alpha value is -4.38. The number of nitrogens with two attached hydrogens (primary N) is 2. The number of methoxy groups -OCH3 is 2.